The van der Waals surface area contributed by atoms with Crippen molar-refractivity contribution in [3.8, 4) is 17.0 Å². The Labute approximate surface area is 144 Å². The van der Waals surface area contributed by atoms with E-state index in [4.69, 9.17) is 4.74 Å². The number of ether oxygens (including phenoxy) is 1. The van der Waals surface area contributed by atoms with Crippen LogP contribution in [0.3, 0.4) is 0 Å². The summed E-state index contributed by atoms with van der Waals surface area (Å²) in [5.74, 6) is 0.929. The zero-order valence-electron chi connectivity index (χ0n) is 15.3. The second-order valence-electron chi connectivity index (χ2n) is 7.66. The fourth-order valence-electron chi connectivity index (χ4n) is 2.88. The minimum atomic E-state index is 0.151. The van der Waals surface area contributed by atoms with Crippen LogP contribution < -0.4 is 9.30 Å². The van der Waals surface area contributed by atoms with E-state index in [2.05, 4.69) is 93.9 Å². The van der Waals surface area contributed by atoms with E-state index in [1.807, 2.05) is 0 Å². The summed E-state index contributed by atoms with van der Waals surface area (Å²) in [6.45, 7) is 9.42. The second kappa shape index (κ2) is 6.27. The lowest BCUT2D eigenvalue weighted by molar-refractivity contribution is -0.633. The monoisotopic (exact) mass is 320 g/mol. The predicted molar refractivity (Wildman–Crippen MR) is 100 cm³/mol. The van der Waals surface area contributed by atoms with Crippen molar-refractivity contribution < 1.29 is 9.30 Å². The van der Waals surface area contributed by atoms with E-state index >= 15 is 0 Å². The van der Waals surface area contributed by atoms with Crippen LogP contribution in [0.2, 0.25) is 0 Å². The van der Waals surface area contributed by atoms with Crippen molar-refractivity contribution in [2.24, 2.45) is 12.5 Å². The van der Waals surface area contributed by atoms with Gasteiger partial charge in [-0.25, -0.2) is 0 Å². The third kappa shape index (κ3) is 3.43. The van der Waals surface area contributed by atoms with Crippen molar-refractivity contribution in [1.29, 1.82) is 0 Å². The standard InChI is InChI=1S/C22H26NO/c1-16-10-12-18(24-15-22(2,3)4)14-19(16)21-13-11-17-8-6-7-9-20(17)23(21)5/h6-14H,15H2,1-5H3/q+1. The molecule has 2 nitrogen and oxygen atoms in total. The maximum Gasteiger partial charge on any atom is 0.213 e. The fourth-order valence-corrected chi connectivity index (χ4v) is 2.88. The number of pyridine rings is 1. The molecule has 0 saturated carbocycles. The average molecular weight is 320 g/mol. The lowest BCUT2D eigenvalue weighted by Gasteiger charge is -2.19. The maximum absolute atomic E-state index is 6.01. The zero-order chi connectivity index (χ0) is 17.3. The molecule has 0 aliphatic rings. The predicted octanol–water partition coefficient (Wildman–Crippen LogP) is 5.06. The summed E-state index contributed by atoms with van der Waals surface area (Å²) in [5.41, 5.74) is 5.06. The molecule has 124 valence electrons. The van der Waals surface area contributed by atoms with Gasteiger partial charge in [-0.2, -0.15) is 4.57 Å². The van der Waals surface area contributed by atoms with Crippen LogP contribution in [0.5, 0.6) is 5.75 Å². The zero-order valence-corrected chi connectivity index (χ0v) is 15.3. The van der Waals surface area contributed by atoms with Crippen molar-refractivity contribution >= 4 is 10.9 Å². The Balaban J connectivity index is 2.04. The molecule has 24 heavy (non-hydrogen) atoms. The van der Waals surface area contributed by atoms with Crippen molar-refractivity contribution in [3.05, 3.63) is 60.2 Å². The lowest BCUT2D eigenvalue weighted by Crippen LogP contribution is -2.32. The highest BCUT2D eigenvalue weighted by molar-refractivity contribution is 5.78. The van der Waals surface area contributed by atoms with Gasteiger partial charge in [0.1, 0.15) is 12.8 Å². The Hall–Kier alpha value is -2.35. The number of fused-ring (bicyclic) bond motifs is 1. The van der Waals surface area contributed by atoms with Crippen LogP contribution in [0, 0.1) is 12.3 Å². The summed E-state index contributed by atoms with van der Waals surface area (Å²) >= 11 is 0. The van der Waals surface area contributed by atoms with Gasteiger partial charge < -0.3 is 4.74 Å². The van der Waals surface area contributed by atoms with Gasteiger partial charge in [0.2, 0.25) is 11.2 Å². The molecule has 2 heteroatoms. The van der Waals surface area contributed by atoms with Gasteiger partial charge in [0.25, 0.3) is 0 Å². The third-order valence-electron chi connectivity index (χ3n) is 4.24. The van der Waals surface area contributed by atoms with Crippen LogP contribution in [0.15, 0.2) is 54.6 Å². The highest BCUT2D eigenvalue weighted by Gasteiger charge is 2.17. The molecule has 3 rings (SSSR count). The summed E-state index contributed by atoms with van der Waals surface area (Å²) in [6.07, 6.45) is 0. The van der Waals surface area contributed by atoms with Gasteiger partial charge in [-0.3, -0.25) is 0 Å². The maximum atomic E-state index is 6.01. The molecule has 0 spiro atoms. The first-order chi connectivity index (χ1) is 11.3. The molecule has 0 atom stereocenters. The summed E-state index contributed by atoms with van der Waals surface area (Å²) < 4.78 is 8.26. The van der Waals surface area contributed by atoms with Gasteiger partial charge in [-0.1, -0.05) is 39.0 Å². The summed E-state index contributed by atoms with van der Waals surface area (Å²) in [5, 5.41) is 1.25. The number of hydrogen-bond donors (Lipinski definition) is 0. The van der Waals surface area contributed by atoms with Crippen molar-refractivity contribution in [2.75, 3.05) is 6.61 Å². The van der Waals surface area contributed by atoms with Crippen LogP contribution in [-0.2, 0) is 7.05 Å². The Bertz CT molecular complexity index is 875. The number of para-hydroxylation sites is 1. The number of rotatable bonds is 3. The van der Waals surface area contributed by atoms with Gasteiger partial charge in [0, 0.05) is 17.5 Å². The lowest BCUT2D eigenvalue weighted by atomic mass is 9.98. The molecule has 3 aromatic rings. The van der Waals surface area contributed by atoms with E-state index in [9.17, 15) is 0 Å². The van der Waals surface area contributed by atoms with E-state index in [0.29, 0.717) is 6.61 Å². The number of nitrogens with zero attached hydrogens (tertiary/aromatic N) is 1. The molecule has 0 radical (unpaired) electrons. The summed E-state index contributed by atoms with van der Waals surface area (Å²) in [7, 11) is 2.12. The normalized spacial score (nSPS) is 11.7. The van der Waals surface area contributed by atoms with Crippen LogP contribution in [-0.4, -0.2) is 6.61 Å². The van der Waals surface area contributed by atoms with Crippen LogP contribution in [0.25, 0.3) is 22.2 Å². The van der Waals surface area contributed by atoms with E-state index < -0.39 is 0 Å². The molecule has 0 aliphatic heterocycles. The van der Waals surface area contributed by atoms with E-state index in [1.54, 1.807) is 0 Å². The fraction of sp³-hybridized carbons (Fsp3) is 0.318. The first-order valence-corrected chi connectivity index (χ1v) is 8.47. The molecule has 0 saturated heterocycles. The molecule has 0 bridgehead atoms. The van der Waals surface area contributed by atoms with E-state index in [1.165, 1.54) is 27.7 Å². The van der Waals surface area contributed by atoms with Crippen LogP contribution in [0.4, 0.5) is 0 Å². The number of aromatic nitrogens is 1. The first kappa shape index (κ1) is 16.5. The Kier molecular flexibility index (Phi) is 4.31. The minimum absolute atomic E-state index is 0.151. The van der Waals surface area contributed by atoms with E-state index in [-0.39, 0.29) is 5.41 Å². The first-order valence-electron chi connectivity index (χ1n) is 8.47. The smallest absolute Gasteiger partial charge is 0.213 e. The molecule has 0 amide bonds. The molecule has 0 aliphatic carbocycles. The van der Waals surface area contributed by atoms with Crippen molar-refractivity contribution in [1.82, 2.24) is 0 Å². The molecule has 0 fully saturated rings. The number of benzene rings is 2. The average Bonchev–Trinajstić information content (AvgIpc) is 2.54. The molecule has 1 aromatic heterocycles. The number of aryl methyl sites for hydroxylation is 2. The van der Waals surface area contributed by atoms with Crippen LogP contribution in [0.1, 0.15) is 26.3 Å². The molecular weight excluding hydrogens is 294 g/mol. The van der Waals surface area contributed by atoms with E-state index in [0.717, 1.165) is 5.75 Å². The van der Waals surface area contributed by atoms with Gasteiger partial charge in [-0.15, -0.1) is 0 Å². The van der Waals surface area contributed by atoms with Gasteiger partial charge >= 0.3 is 0 Å². The highest BCUT2D eigenvalue weighted by atomic mass is 16.5. The second-order valence-corrected chi connectivity index (χ2v) is 7.66. The molecular formula is C22H26NO+. The minimum Gasteiger partial charge on any atom is -0.493 e. The Morgan fingerprint density at radius 2 is 1.71 bits per heavy atom. The molecule has 2 aromatic carbocycles. The topological polar surface area (TPSA) is 13.1 Å². The van der Waals surface area contributed by atoms with Crippen molar-refractivity contribution in [3.63, 3.8) is 0 Å². The quantitative estimate of drug-likeness (QED) is 0.614. The highest BCUT2D eigenvalue weighted by Crippen LogP contribution is 2.28. The van der Waals surface area contributed by atoms with Gasteiger partial charge in [-0.05, 0) is 42.2 Å². The Morgan fingerprint density at radius 3 is 2.46 bits per heavy atom. The molecule has 0 unspecified atom stereocenters. The van der Waals surface area contributed by atoms with Crippen molar-refractivity contribution in [2.45, 2.75) is 27.7 Å². The number of hydrogen-bond acceptors (Lipinski definition) is 1. The third-order valence-corrected chi connectivity index (χ3v) is 4.24. The molecule has 0 N–H and O–H groups in total. The Morgan fingerprint density at radius 1 is 0.958 bits per heavy atom. The molecule has 1 heterocycles. The van der Waals surface area contributed by atoms with Crippen LogP contribution >= 0.6 is 0 Å². The SMILES string of the molecule is Cc1ccc(OCC(C)(C)C)cc1-c1ccc2ccccc2[n+]1C. The summed E-state index contributed by atoms with van der Waals surface area (Å²) in [6, 6.07) is 19.2. The largest absolute Gasteiger partial charge is 0.493 e. The van der Waals surface area contributed by atoms with Gasteiger partial charge in [0.05, 0.1) is 12.2 Å². The summed E-state index contributed by atoms with van der Waals surface area (Å²) in [4.78, 5) is 0. The van der Waals surface area contributed by atoms with Gasteiger partial charge in [0.15, 0.2) is 0 Å².